The average molecular weight is 324 g/mol. The molecule has 0 aliphatic heterocycles. The van der Waals surface area contributed by atoms with Gasteiger partial charge in [-0.25, -0.2) is 4.79 Å². The Bertz CT molecular complexity index is 723. The zero-order valence-corrected chi connectivity index (χ0v) is 14.2. The van der Waals surface area contributed by atoms with Crippen LogP contribution in [-0.2, 0) is 12.8 Å². The van der Waals surface area contributed by atoms with Gasteiger partial charge < -0.3 is 15.7 Å². The van der Waals surface area contributed by atoms with Crippen LogP contribution in [0.15, 0.2) is 42.5 Å². The summed E-state index contributed by atoms with van der Waals surface area (Å²) in [5.74, 6) is 0.468. The molecule has 0 heterocycles. The summed E-state index contributed by atoms with van der Waals surface area (Å²) in [6.45, 7) is 4.28. The van der Waals surface area contributed by atoms with Gasteiger partial charge in [-0.1, -0.05) is 38.1 Å². The number of hydrogen-bond acceptors (Lipinski definition) is 2. The number of rotatable bonds is 3. The third-order valence-corrected chi connectivity index (χ3v) is 4.54. The fraction of sp³-hybridized carbons (Fsp3) is 0.350. The van der Waals surface area contributed by atoms with Crippen LogP contribution in [0.4, 0.5) is 16.2 Å². The topological polar surface area (TPSA) is 61.4 Å². The number of benzene rings is 2. The van der Waals surface area contributed by atoms with Gasteiger partial charge in [0, 0.05) is 17.8 Å². The maximum atomic E-state index is 12.3. The van der Waals surface area contributed by atoms with E-state index in [0.717, 1.165) is 29.8 Å². The third kappa shape index (κ3) is 3.77. The summed E-state index contributed by atoms with van der Waals surface area (Å²) >= 11 is 0. The van der Waals surface area contributed by atoms with Crippen LogP contribution < -0.4 is 10.6 Å². The standard InChI is InChI=1S/C20H24N2O2/c1-13(2)14-6-9-16(10-7-14)21-20(24)22-19-5-3-4-15-8-11-17(23)12-18(15)19/h3-7,9-10,13,17,23H,8,11-12H2,1-2H3,(H2,21,22,24)/t17-/m0/s1. The highest BCUT2D eigenvalue weighted by Crippen LogP contribution is 2.28. The summed E-state index contributed by atoms with van der Waals surface area (Å²) in [5.41, 5.74) is 5.04. The number of amides is 2. The molecule has 0 unspecified atom stereocenters. The Morgan fingerprint density at radius 2 is 1.88 bits per heavy atom. The van der Waals surface area contributed by atoms with Crippen LogP contribution in [0.5, 0.6) is 0 Å². The van der Waals surface area contributed by atoms with E-state index >= 15 is 0 Å². The Hall–Kier alpha value is -2.33. The van der Waals surface area contributed by atoms with E-state index in [1.807, 2.05) is 36.4 Å². The van der Waals surface area contributed by atoms with Crippen LogP contribution in [-0.4, -0.2) is 17.2 Å². The summed E-state index contributed by atoms with van der Waals surface area (Å²) < 4.78 is 0. The average Bonchev–Trinajstić information content (AvgIpc) is 2.56. The number of aliphatic hydroxyl groups is 1. The van der Waals surface area contributed by atoms with E-state index in [1.165, 1.54) is 11.1 Å². The molecule has 0 saturated heterocycles. The maximum absolute atomic E-state index is 12.3. The normalized spacial score (nSPS) is 16.6. The second-order valence-corrected chi connectivity index (χ2v) is 6.70. The van der Waals surface area contributed by atoms with Crippen LogP contribution in [0.1, 0.15) is 42.9 Å². The lowest BCUT2D eigenvalue weighted by Crippen LogP contribution is -2.24. The molecule has 0 saturated carbocycles. The monoisotopic (exact) mass is 324 g/mol. The van der Waals surface area contributed by atoms with Crippen molar-refractivity contribution in [3.63, 3.8) is 0 Å². The van der Waals surface area contributed by atoms with Gasteiger partial charge in [0.25, 0.3) is 0 Å². The Balaban J connectivity index is 1.69. The minimum atomic E-state index is -0.327. The number of carbonyl (C=O) groups excluding carboxylic acids is 1. The van der Waals surface area contributed by atoms with Crippen molar-refractivity contribution in [3.8, 4) is 0 Å². The van der Waals surface area contributed by atoms with Crippen molar-refractivity contribution in [3.05, 3.63) is 59.2 Å². The van der Waals surface area contributed by atoms with E-state index in [-0.39, 0.29) is 12.1 Å². The van der Waals surface area contributed by atoms with Crippen molar-refractivity contribution >= 4 is 17.4 Å². The molecule has 24 heavy (non-hydrogen) atoms. The molecule has 1 aliphatic carbocycles. The highest BCUT2D eigenvalue weighted by molar-refractivity contribution is 6.00. The number of nitrogens with one attached hydrogen (secondary N) is 2. The molecule has 3 rings (SSSR count). The predicted octanol–water partition coefficient (Wildman–Crippen LogP) is 4.30. The summed E-state index contributed by atoms with van der Waals surface area (Å²) in [6, 6.07) is 13.5. The van der Waals surface area contributed by atoms with Crippen LogP contribution in [0, 0.1) is 0 Å². The number of urea groups is 1. The summed E-state index contributed by atoms with van der Waals surface area (Å²) in [7, 11) is 0. The maximum Gasteiger partial charge on any atom is 0.323 e. The van der Waals surface area contributed by atoms with Gasteiger partial charge in [0.2, 0.25) is 0 Å². The first-order valence-electron chi connectivity index (χ1n) is 8.49. The number of fused-ring (bicyclic) bond motifs is 1. The number of carbonyl (C=O) groups is 1. The molecule has 4 nitrogen and oxygen atoms in total. The van der Waals surface area contributed by atoms with Crippen molar-refractivity contribution in [2.45, 2.75) is 45.1 Å². The summed E-state index contributed by atoms with van der Waals surface area (Å²) in [5, 5.41) is 15.7. The van der Waals surface area contributed by atoms with Crippen LogP contribution in [0.25, 0.3) is 0 Å². The van der Waals surface area contributed by atoms with Gasteiger partial charge in [-0.3, -0.25) is 0 Å². The Morgan fingerprint density at radius 3 is 2.58 bits per heavy atom. The highest BCUT2D eigenvalue weighted by Gasteiger charge is 2.19. The van der Waals surface area contributed by atoms with Crippen molar-refractivity contribution < 1.29 is 9.90 Å². The van der Waals surface area contributed by atoms with E-state index < -0.39 is 0 Å². The van der Waals surface area contributed by atoms with Crippen molar-refractivity contribution in [2.75, 3.05) is 10.6 Å². The summed E-state index contributed by atoms with van der Waals surface area (Å²) in [4.78, 5) is 12.3. The fourth-order valence-corrected chi connectivity index (χ4v) is 3.12. The molecular weight excluding hydrogens is 300 g/mol. The first kappa shape index (κ1) is 16.5. The number of anilines is 2. The quantitative estimate of drug-likeness (QED) is 0.788. The molecule has 0 aromatic heterocycles. The molecule has 126 valence electrons. The molecular formula is C20H24N2O2. The van der Waals surface area contributed by atoms with Gasteiger partial charge in [-0.2, -0.15) is 0 Å². The summed E-state index contributed by atoms with van der Waals surface area (Å²) in [6.07, 6.45) is 1.90. The number of aliphatic hydroxyl groups excluding tert-OH is 1. The van der Waals surface area contributed by atoms with Crippen LogP contribution in [0.3, 0.4) is 0 Å². The lowest BCUT2D eigenvalue weighted by Gasteiger charge is -2.23. The van der Waals surface area contributed by atoms with Gasteiger partial charge in [0.15, 0.2) is 0 Å². The molecule has 2 amide bonds. The molecule has 1 aliphatic rings. The SMILES string of the molecule is CC(C)c1ccc(NC(=O)Nc2cccc3c2C[C@@H](O)CC3)cc1. The molecule has 0 spiro atoms. The van der Waals surface area contributed by atoms with Crippen molar-refractivity contribution in [1.29, 1.82) is 0 Å². The van der Waals surface area contributed by atoms with Crippen LogP contribution in [0.2, 0.25) is 0 Å². The molecule has 3 N–H and O–H groups in total. The molecule has 4 heteroatoms. The Kier molecular flexibility index (Phi) is 4.86. The smallest absolute Gasteiger partial charge is 0.323 e. The van der Waals surface area contributed by atoms with Gasteiger partial charge >= 0.3 is 6.03 Å². The van der Waals surface area contributed by atoms with Crippen molar-refractivity contribution in [1.82, 2.24) is 0 Å². The van der Waals surface area contributed by atoms with E-state index in [4.69, 9.17) is 0 Å². The molecule has 0 fully saturated rings. The first-order valence-corrected chi connectivity index (χ1v) is 8.49. The first-order chi connectivity index (χ1) is 11.5. The van der Waals surface area contributed by atoms with Crippen LogP contribution >= 0.6 is 0 Å². The molecule has 1 atom stereocenters. The fourth-order valence-electron chi connectivity index (χ4n) is 3.12. The second kappa shape index (κ2) is 7.05. The minimum Gasteiger partial charge on any atom is -0.393 e. The molecule has 2 aromatic rings. The Labute approximate surface area is 142 Å². The zero-order chi connectivity index (χ0) is 17.1. The highest BCUT2D eigenvalue weighted by atomic mass is 16.3. The van der Waals surface area contributed by atoms with E-state index in [0.29, 0.717) is 12.3 Å². The number of hydrogen-bond donors (Lipinski definition) is 3. The van der Waals surface area contributed by atoms with E-state index in [2.05, 4.69) is 30.5 Å². The van der Waals surface area contributed by atoms with Crippen molar-refractivity contribution in [2.24, 2.45) is 0 Å². The molecule has 0 radical (unpaired) electrons. The zero-order valence-electron chi connectivity index (χ0n) is 14.2. The Morgan fingerprint density at radius 1 is 1.12 bits per heavy atom. The molecule has 0 bridgehead atoms. The van der Waals surface area contributed by atoms with Gasteiger partial charge in [0.1, 0.15) is 0 Å². The van der Waals surface area contributed by atoms with Gasteiger partial charge in [-0.05, 0) is 53.6 Å². The largest absolute Gasteiger partial charge is 0.393 e. The second-order valence-electron chi connectivity index (χ2n) is 6.70. The van der Waals surface area contributed by atoms with Gasteiger partial charge in [-0.15, -0.1) is 0 Å². The lowest BCUT2D eigenvalue weighted by molar-refractivity contribution is 0.159. The van der Waals surface area contributed by atoms with Gasteiger partial charge in [0.05, 0.1) is 6.10 Å². The lowest BCUT2D eigenvalue weighted by atomic mass is 9.88. The number of aryl methyl sites for hydroxylation is 1. The van der Waals surface area contributed by atoms with E-state index in [9.17, 15) is 9.90 Å². The predicted molar refractivity (Wildman–Crippen MR) is 97.6 cm³/mol. The molecule has 2 aromatic carbocycles. The van der Waals surface area contributed by atoms with E-state index in [1.54, 1.807) is 0 Å². The third-order valence-electron chi connectivity index (χ3n) is 4.54. The minimum absolute atomic E-state index is 0.263.